The van der Waals surface area contributed by atoms with Crippen molar-refractivity contribution < 1.29 is 19.1 Å². The Balaban J connectivity index is 1.42. The lowest BCUT2D eigenvalue weighted by Gasteiger charge is -2.34. The number of carbonyl (C=O) groups excluding carboxylic acids is 2. The summed E-state index contributed by atoms with van der Waals surface area (Å²) >= 11 is 13.5. The Labute approximate surface area is 205 Å². The van der Waals surface area contributed by atoms with E-state index in [0.717, 1.165) is 32.5 Å². The SMILES string of the molecule is COC(=O)c1sccc1NC(=S)NCC1CCN(C(=S)Nc2ccsc2C(=O)OC)CC1. The average molecular weight is 513 g/mol. The maximum Gasteiger partial charge on any atom is 0.350 e. The van der Waals surface area contributed by atoms with Crippen LogP contribution >= 0.6 is 47.1 Å². The molecule has 8 nitrogen and oxygen atoms in total. The fourth-order valence-corrected chi connectivity index (χ4v) is 5.27. The van der Waals surface area contributed by atoms with Crippen molar-refractivity contribution in [2.45, 2.75) is 12.8 Å². The zero-order chi connectivity index (χ0) is 23.1. The van der Waals surface area contributed by atoms with Gasteiger partial charge in [-0.2, -0.15) is 0 Å². The minimum absolute atomic E-state index is 0.374. The summed E-state index contributed by atoms with van der Waals surface area (Å²) in [6.45, 7) is 2.36. The molecule has 0 unspecified atom stereocenters. The molecule has 1 aliphatic rings. The molecular weight excluding hydrogens is 489 g/mol. The predicted molar refractivity (Wildman–Crippen MR) is 136 cm³/mol. The Bertz CT molecular complexity index is 982. The van der Waals surface area contributed by atoms with E-state index in [0.29, 0.717) is 37.3 Å². The molecule has 3 heterocycles. The number of nitrogens with one attached hydrogen (secondary N) is 3. The minimum Gasteiger partial charge on any atom is -0.465 e. The van der Waals surface area contributed by atoms with E-state index in [1.54, 1.807) is 6.07 Å². The van der Waals surface area contributed by atoms with Gasteiger partial charge in [-0.05, 0) is 66.1 Å². The quantitative estimate of drug-likeness (QED) is 0.392. The Hall–Kier alpha value is -2.28. The number of anilines is 2. The number of piperidine rings is 1. The molecular formula is C20H24N4O4S4. The number of hydrogen-bond donors (Lipinski definition) is 3. The van der Waals surface area contributed by atoms with E-state index in [1.807, 2.05) is 16.8 Å². The molecule has 0 amide bonds. The van der Waals surface area contributed by atoms with Gasteiger partial charge in [0.15, 0.2) is 10.2 Å². The zero-order valence-electron chi connectivity index (χ0n) is 17.6. The van der Waals surface area contributed by atoms with Crippen LogP contribution < -0.4 is 16.0 Å². The Morgan fingerprint density at radius 3 is 2.06 bits per heavy atom. The third kappa shape index (κ3) is 6.15. The van der Waals surface area contributed by atoms with Crippen molar-refractivity contribution >= 4 is 80.6 Å². The summed E-state index contributed by atoms with van der Waals surface area (Å²) in [4.78, 5) is 26.7. The van der Waals surface area contributed by atoms with Gasteiger partial charge < -0.3 is 30.3 Å². The van der Waals surface area contributed by atoms with Crippen molar-refractivity contribution in [2.75, 3.05) is 44.5 Å². The van der Waals surface area contributed by atoms with Crippen LogP contribution in [0, 0.1) is 5.92 Å². The van der Waals surface area contributed by atoms with Crippen LogP contribution in [0.3, 0.4) is 0 Å². The number of carbonyl (C=O) groups is 2. The normalized spacial score (nSPS) is 13.9. The third-order valence-electron chi connectivity index (χ3n) is 5.01. The second-order valence-electron chi connectivity index (χ2n) is 7.01. The first kappa shape index (κ1) is 24.4. The van der Waals surface area contributed by atoms with Crippen molar-refractivity contribution in [3.05, 3.63) is 32.6 Å². The first-order valence-electron chi connectivity index (χ1n) is 9.85. The molecule has 32 heavy (non-hydrogen) atoms. The van der Waals surface area contributed by atoms with Gasteiger partial charge in [0.05, 0.1) is 25.6 Å². The minimum atomic E-state index is -0.386. The molecule has 0 aromatic carbocycles. The molecule has 0 radical (unpaired) electrons. The third-order valence-corrected chi connectivity index (χ3v) is 7.41. The van der Waals surface area contributed by atoms with Crippen molar-refractivity contribution in [1.29, 1.82) is 0 Å². The molecule has 0 atom stereocenters. The van der Waals surface area contributed by atoms with Gasteiger partial charge in [-0.15, -0.1) is 22.7 Å². The first-order chi connectivity index (χ1) is 15.4. The van der Waals surface area contributed by atoms with Crippen LogP contribution in [0.5, 0.6) is 0 Å². The number of methoxy groups -OCH3 is 2. The lowest BCUT2D eigenvalue weighted by atomic mass is 9.97. The smallest absolute Gasteiger partial charge is 0.350 e. The summed E-state index contributed by atoms with van der Waals surface area (Å²) < 4.78 is 9.59. The van der Waals surface area contributed by atoms with E-state index in [9.17, 15) is 9.59 Å². The molecule has 3 rings (SSSR count). The largest absolute Gasteiger partial charge is 0.465 e. The van der Waals surface area contributed by atoms with E-state index in [1.165, 1.54) is 36.9 Å². The monoisotopic (exact) mass is 512 g/mol. The second-order valence-corrected chi connectivity index (χ2v) is 9.63. The van der Waals surface area contributed by atoms with Gasteiger partial charge >= 0.3 is 11.9 Å². The van der Waals surface area contributed by atoms with Gasteiger partial charge in [0, 0.05) is 19.6 Å². The van der Waals surface area contributed by atoms with Crippen LogP contribution in [-0.2, 0) is 9.47 Å². The molecule has 0 aliphatic carbocycles. The maximum absolute atomic E-state index is 11.8. The summed E-state index contributed by atoms with van der Waals surface area (Å²) in [5.41, 5.74) is 1.32. The number of thiophene rings is 2. The van der Waals surface area contributed by atoms with Crippen molar-refractivity contribution in [2.24, 2.45) is 5.92 Å². The van der Waals surface area contributed by atoms with Crippen molar-refractivity contribution in [1.82, 2.24) is 10.2 Å². The number of thiocarbonyl (C=S) groups is 2. The highest BCUT2D eigenvalue weighted by atomic mass is 32.1. The van der Waals surface area contributed by atoms with Gasteiger partial charge in [-0.3, -0.25) is 0 Å². The number of ether oxygens (including phenoxy) is 2. The molecule has 1 saturated heterocycles. The van der Waals surface area contributed by atoms with Crippen molar-refractivity contribution in [3.8, 4) is 0 Å². The lowest BCUT2D eigenvalue weighted by Crippen LogP contribution is -2.43. The highest BCUT2D eigenvalue weighted by Gasteiger charge is 2.23. The topological polar surface area (TPSA) is 91.9 Å². The van der Waals surface area contributed by atoms with Gasteiger partial charge in [0.2, 0.25) is 0 Å². The summed E-state index contributed by atoms with van der Waals surface area (Å²) in [6, 6.07) is 3.63. The number of rotatable bonds is 6. The van der Waals surface area contributed by atoms with E-state index in [2.05, 4.69) is 20.9 Å². The molecule has 2 aromatic rings. The summed E-state index contributed by atoms with van der Waals surface area (Å²) in [5.74, 6) is -0.313. The Morgan fingerprint density at radius 1 is 1.00 bits per heavy atom. The van der Waals surface area contributed by atoms with E-state index in [4.69, 9.17) is 33.9 Å². The lowest BCUT2D eigenvalue weighted by molar-refractivity contribution is 0.0598. The standard InChI is InChI=1S/C20H24N4O4S4/c1-27-17(25)15-13(5-9-31-15)22-19(29)21-11-12-3-7-24(8-4-12)20(30)23-14-6-10-32-16(14)18(26)28-2/h5-6,9-10,12H,3-4,7-8,11H2,1-2H3,(H,23,30)(H2,21,22,29). The Kier molecular flexibility index (Phi) is 8.79. The van der Waals surface area contributed by atoms with Crippen LogP contribution in [0.25, 0.3) is 0 Å². The molecule has 0 spiro atoms. The molecule has 3 N–H and O–H groups in total. The second kappa shape index (κ2) is 11.5. The fraction of sp³-hybridized carbons (Fsp3) is 0.400. The first-order valence-corrected chi connectivity index (χ1v) is 12.4. The molecule has 1 fully saturated rings. The van der Waals surface area contributed by atoms with Crippen molar-refractivity contribution in [3.63, 3.8) is 0 Å². The number of esters is 2. The zero-order valence-corrected chi connectivity index (χ0v) is 20.9. The maximum atomic E-state index is 11.8. The molecule has 172 valence electrons. The summed E-state index contributed by atoms with van der Waals surface area (Å²) in [7, 11) is 2.72. The van der Waals surface area contributed by atoms with Gasteiger partial charge in [0.25, 0.3) is 0 Å². The van der Waals surface area contributed by atoms with Crippen LogP contribution in [0.1, 0.15) is 32.2 Å². The molecule has 0 bridgehead atoms. The molecule has 2 aromatic heterocycles. The molecule has 0 saturated carbocycles. The fourth-order valence-electron chi connectivity index (χ4n) is 3.25. The number of nitrogens with zero attached hydrogens (tertiary/aromatic N) is 1. The van der Waals surface area contributed by atoms with Gasteiger partial charge in [0.1, 0.15) is 9.75 Å². The van der Waals surface area contributed by atoms with Crippen LogP contribution in [0.15, 0.2) is 22.9 Å². The van der Waals surface area contributed by atoms with Gasteiger partial charge in [-0.25, -0.2) is 9.59 Å². The number of likely N-dealkylation sites (tertiary alicyclic amines) is 1. The van der Waals surface area contributed by atoms with E-state index >= 15 is 0 Å². The van der Waals surface area contributed by atoms with E-state index < -0.39 is 0 Å². The Morgan fingerprint density at radius 2 is 1.53 bits per heavy atom. The average Bonchev–Trinajstić information content (AvgIpc) is 3.46. The molecule has 12 heteroatoms. The molecule has 1 aliphatic heterocycles. The van der Waals surface area contributed by atoms with Crippen LogP contribution in [-0.4, -0.2) is 60.9 Å². The predicted octanol–water partition coefficient (Wildman–Crippen LogP) is 3.78. The highest BCUT2D eigenvalue weighted by molar-refractivity contribution is 7.80. The van der Waals surface area contributed by atoms with Gasteiger partial charge in [-0.1, -0.05) is 0 Å². The highest BCUT2D eigenvalue weighted by Crippen LogP contribution is 2.25. The van der Waals surface area contributed by atoms with Crippen LogP contribution in [0.4, 0.5) is 11.4 Å². The summed E-state index contributed by atoms with van der Waals surface area (Å²) in [5, 5.41) is 14.2. The number of hydrogen-bond acceptors (Lipinski definition) is 8. The summed E-state index contributed by atoms with van der Waals surface area (Å²) in [6.07, 6.45) is 1.91. The van der Waals surface area contributed by atoms with Crippen LogP contribution in [0.2, 0.25) is 0 Å². The van der Waals surface area contributed by atoms with E-state index in [-0.39, 0.29) is 11.9 Å².